The zero-order valence-electron chi connectivity index (χ0n) is 13.6. The minimum Gasteiger partial charge on any atom is -0.253 e. The predicted molar refractivity (Wildman–Crippen MR) is 92.0 cm³/mol. The molecule has 0 radical (unpaired) electrons. The number of hydrogen-bond donors (Lipinski definition) is 0. The van der Waals surface area contributed by atoms with Crippen molar-refractivity contribution in [2.24, 2.45) is 4.40 Å². The van der Waals surface area contributed by atoms with Crippen molar-refractivity contribution in [1.82, 2.24) is 9.97 Å². The van der Waals surface area contributed by atoms with E-state index >= 15 is 0 Å². The number of halogens is 4. The van der Waals surface area contributed by atoms with Gasteiger partial charge in [-0.3, -0.25) is 4.98 Å². The summed E-state index contributed by atoms with van der Waals surface area (Å²) in [7, 11) is -1.71. The molecule has 0 fully saturated rings. The lowest BCUT2D eigenvalue weighted by atomic mass is 10.1. The van der Waals surface area contributed by atoms with Crippen molar-refractivity contribution in [3.05, 3.63) is 58.6 Å². The van der Waals surface area contributed by atoms with E-state index in [1.807, 2.05) is 0 Å². The fourth-order valence-electron chi connectivity index (χ4n) is 1.68. The van der Waals surface area contributed by atoms with E-state index in [9.17, 15) is 17.4 Å². The first kappa shape index (κ1) is 19.5. The summed E-state index contributed by atoms with van der Waals surface area (Å²) >= 11 is 5.80. The average Bonchev–Trinajstić information content (AvgIpc) is 2.52. The van der Waals surface area contributed by atoms with E-state index in [1.54, 1.807) is 20.8 Å². The highest BCUT2D eigenvalue weighted by Gasteiger charge is 2.33. The van der Waals surface area contributed by atoms with E-state index in [-0.39, 0.29) is 17.1 Å². The van der Waals surface area contributed by atoms with Gasteiger partial charge >= 0.3 is 6.18 Å². The maximum atomic E-state index is 12.9. The minimum absolute atomic E-state index is 0.0102. The molecule has 2 aromatic rings. The summed E-state index contributed by atoms with van der Waals surface area (Å²) in [5.41, 5.74) is -0.889. The zero-order chi connectivity index (χ0) is 18.8. The van der Waals surface area contributed by atoms with Crippen molar-refractivity contribution < 1.29 is 17.4 Å². The molecule has 2 rings (SSSR count). The first-order valence-corrected chi connectivity index (χ1v) is 8.64. The molecule has 0 saturated heterocycles. The SMILES string of the molecule is CC(C)(C)[S@@](=O)N=C(c1ccc(Cl)cn1)c1cccc(C(F)(F)F)n1. The van der Waals surface area contributed by atoms with E-state index in [4.69, 9.17) is 11.6 Å². The van der Waals surface area contributed by atoms with E-state index in [1.165, 1.54) is 30.5 Å². The van der Waals surface area contributed by atoms with Crippen molar-refractivity contribution in [2.45, 2.75) is 31.7 Å². The molecule has 25 heavy (non-hydrogen) atoms. The lowest BCUT2D eigenvalue weighted by Crippen LogP contribution is -2.22. The van der Waals surface area contributed by atoms with Crippen LogP contribution in [0.2, 0.25) is 5.02 Å². The van der Waals surface area contributed by atoms with Gasteiger partial charge in [0.05, 0.1) is 21.2 Å². The van der Waals surface area contributed by atoms with Crippen LogP contribution in [0.25, 0.3) is 0 Å². The lowest BCUT2D eigenvalue weighted by Gasteiger charge is -2.15. The summed E-state index contributed by atoms with van der Waals surface area (Å²) in [6.07, 6.45) is -3.27. The van der Waals surface area contributed by atoms with E-state index in [0.29, 0.717) is 5.02 Å². The Balaban J connectivity index is 2.62. The second kappa shape index (κ2) is 7.21. The molecule has 0 saturated carbocycles. The molecule has 0 aliphatic rings. The van der Waals surface area contributed by atoms with Crippen LogP contribution in [-0.4, -0.2) is 24.6 Å². The van der Waals surface area contributed by atoms with Gasteiger partial charge in [-0.05, 0) is 45.0 Å². The number of nitrogens with zero attached hydrogens (tertiary/aromatic N) is 3. The molecular weight excluding hydrogens is 375 g/mol. The smallest absolute Gasteiger partial charge is 0.253 e. The Bertz CT molecular complexity index is 815. The molecule has 0 amide bonds. The van der Waals surface area contributed by atoms with E-state index in [2.05, 4.69) is 14.4 Å². The van der Waals surface area contributed by atoms with Crippen LogP contribution in [0.4, 0.5) is 13.2 Å². The molecule has 2 heterocycles. The van der Waals surface area contributed by atoms with Gasteiger partial charge in [-0.15, -0.1) is 0 Å². The maximum absolute atomic E-state index is 12.9. The van der Waals surface area contributed by atoms with Crippen molar-refractivity contribution in [2.75, 3.05) is 0 Å². The molecule has 0 aromatic carbocycles. The molecule has 2 aromatic heterocycles. The van der Waals surface area contributed by atoms with Gasteiger partial charge < -0.3 is 0 Å². The molecule has 0 aliphatic carbocycles. The molecular formula is C16H15ClF3N3OS. The van der Waals surface area contributed by atoms with Gasteiger partial charge in [-0.25, -0.2) is 9.19 Å². The number of hydrogen-bond acceptors (Lipinski definition) is 3. The highest BCUT2D eigenvalue weighted by atomic mass is 35.5. The Morgan fingerprint density at radius 2 is 1.80 bits per heavy atom. The number of pyridine rings is 2. The van der Waals surface area contributed by atoms with Gasteiger partial charge in [-0.2, -0.15) is 17.6 Å². The van der Waals surface area contributed by atoms with E-state index in [0.717, 1.165) is 6.07 Å². The van der Waals surface area contributed by atoms with Crippen molar-refractivity contribution in [3.8, 4) is 0 Å². The van der Waals surface area contributed by atoms with Crippen molar-refractivity contribution >= 4 is 28.3 Å². The van der Waals surface area contributed by atoms with Gasteiger partial charge in [0, 0.05) is 6.20 Å². The summed E-state index contributed by atoms with van der Waals surface area (Å²) in [6, 6.07) is 6.45. The largest absolute Gasteiger partial charge is 0.433 e. The Kier molecular flexibility index (Phi) is 5.63. The number of rotatable bonds is 3. The second-order valence-electron chi connectivity index (χ2n) is 6.07. The fourth-order valence-corrected chi connectivity index (χ4v) is 2.42. The molecule has 1 atom stereocenters. The van der Waals surface area contributed by atoms with Crippen LogP contribution in [0.15, 0.2) is 40.9 Å². The van der Waals surface area contributed by atoms with Crippen LogP contribution in [-0.2, 0) is 17.2 Å². The van der Waals surface area contributed by atoms with Gasteiger partial charge in [-0.1, -0.05) is 17.7 Å². The minimum atomic E-state index is -4.60. The summed E-state index contributed by atoms with van der Waals surface area (Å²) < 4.78 is 54.6. The summed E-state index contributed by atoms with van der Waals surface area (Å²) in [4.78, 5) is 7.68. The molecule has 0 spiro atoms. The van der Waals surface area contributed by atoms with Gasteiger partial charge in [0.1, 0.15) is 22.4 Å². The highest BCUT2D eigenvalue weighted by molar-refractivity contribution is 7.85. The summed E-state index contributed by atoms with van der Waals surface area (Å²) in [5.74, 6) is 0. The van der Waals surface area contributed by atoms with Crippen molar-refractivity contribution in [3.63, 3.8) is 0 Å². The van der Waals surface area contributed by atoms with Crippen LogP contribution in [0, 0.1) is 0 Å². The Morgan fingerprint density at radius 1 is 1.12 bits per heavy atom. The standard InChI is InChI=1S/C16H15ClF3N3OS/c1-15(2,3)25(24)23-14(11-8-7-10(17)9-21-11)12-5-4-6-13(22-12)16(18,19)20/h4-9H,1-3H3/t25-/m1/s1. The van der Waals surface area contributed by atoms with E-state index < -0.39 is 27.6 Å². The quantitative estimate of drug-likeness (QED) is 0.729. The Morgan fingerprint density at radius 3 is 2.32 bits per heavy atom. The topological polar surface area (TPSA) is 55.2 Å². The molecule has 0 N–H and O–H groups in total. The van der Waals surface area contributed by atoms with Crippen molar-refractivity contribution in [1.29, 1.82) is 0 Å². The fraction of sp³-hybridized carbons (Fsp3) is 0.312. The van der Waals surface area contributed by atoms with Gasteiger partial charge in [0.15, 0.2) is 0 Å². The average molecular weight is 390 g/mol. The third-order valence-electron chi connectivity index (χ3n) is 2.95. The first-order valence-electron chi connectivity index (χ1n) is 7.16. The first-order chi connectivity index (χ1) is 11.5. The number of aromatic nitrogens is 2. The van der Waals surface area contributed by atoms with Gasteiger partial charge in [0.2, 0.25) is 0 Å². The predicted octanol–water partition coefficient (Wildman–Crippen LogP) is 4.45. The Hall–Kier alpha value is -1.80. The van der Waals surface area contributed by atoms with Crippen LogP contribution < -0.4 is 0 Å². The highest BCUT2D eigenvalue weighted by Crippen LogP contribution is 2.28. The van der Waals surface area contributed by atoms with Crippen LogP contribution in [0.3, 0.4) is 0 Å². The van der Waals surface area contributed by atoms with Crippen LogP contribution in [0.1, 0.15) is 37.9 Å². The normalized spacial score (nSPS) is 14.4. The molecule has 0 unspecified atom stereocenters. The summed E-state index contributed by atoms with van der Waals surface area (Å²) in [5, 5.41) is 0.358. The molecule has 9 heteroatoms. The molecule has 0 aliphatic heterocycles. The van der Waals surface area contributed by atoms with Gasteiger partial charge in [0.25, 0.3) is 0 Å². The lowest BCUT2D eigenvalue weighted by molar-refractivity contribution is -0.141. The third-order valence-corrected chi connectivity index (χ3v) is 4.57. The summed E-state index contributed by atoms with van der Waals surface area (Å²) in [6.45, 7) is 5.12. The van der Waals surface area contributed by atoms with Crippen LogP contribution >= 0.6 is 11.6 Å². The molecule has 0 bridgehead atoms. The third kappa shape index (κ3) is 5.09. The van der Waals surface area contributed by atoms with Crippen LogP contribution in [0.5, 0.6) is 0 Å². The zero-order valence-corrected chi connectivity index (χ0v) is 15.2. The monoisotopic (exact) mass is 389 g/mol. The number of alkyl halides is 3. The Labute approximate surface area is 150 Å². The molecule has 134 valence electrons. The molecule has 4 nitrogen and oxygen atoms in total. The second-order valence-corrected chi connectivity index (χ2v) is 8.41. The maximum Gasteiger partial charge on any atom is 0.433 e.